The van der Waals surface area contributed by atoms with Gasteiger partial charge in [-0.1, -0.05) is 12.1 Å². The van der Waals surface area contributed by atoms with E-state index >= 15 is 0 Å². The number of nitrogens with one attached hydrogen (secondary N) is 2. The molecule has 0 saturated heterocycles. The standard InChI is InChI=1S/C17H24N4O2S.HI/c1-4-18-16(20-11-13-7-5-9-19-15(13)23-3)21-12-17(2,22)14-8-6-10-24-14;/h5-10,22H,4,11-12H2,1-3H3,(H2,18,20,21);1H. The Bertz CT molecular complexity index is 662. The van der Waals surface area contributed by atoms with Crippen LogP contribution in [0.5, 0.6) is 5.88 Å². The number of aliphatic hydroxyl groups is 1. The molecule has 0 aliphatic heterocycles. The van der Waals surface area contributed by atoms with Gasteiger partial charge in [-0.3, -0.25) is 0 Å². The highest BCUT2D eigenvalue weighted by atomic mass is 127. The van der Waals surface area contributed by atoms with Gasteiger partial charge in [-0.2, -0.15) is 0 Å². The number of aliphatic imine (C=N–C) groups is 1. The van der Waals surface area contributed by atoms with Crippen molar-refractivity contribution < 1.29 is 9.84 Å². The van der Waals surface area contributed by atoms with Crippen LogP contribution in [0.3, 0.4) is 0 Å². The van der Waals surface area contributed by atoms with Gasteiger partial charge in [0.25, 0.3) is 0 Å². The van der Waals surface area contributed by atoms with Gasteiger partial charge in [-0.25, -0.2) is 9.98 Å². The maximum Gasteiger partial charge on any atom is 0.218 e. The molecule has 1 atom stereocenters. The lowest BCUT2D eigenvalue weighted by Gasteiger charge is -2.23. The van der Waals surface area contributed by atoms with E-state index in [-0.39, 0.29) is 24.0 Å². The van der Waals surface area contributed by atoms with E-state index in [1.54, 1.807) is 20.2 Å². The molecular formula is C17H25IN4O2S. The van der Waals surface area contributed by atoms with Gasteiger partial charge in [-0.15, -0.1) is 35.3 Å². The summed E-state index contributed by atoms with van der Waals surface area (Å²) in [6.45, 7) is 5.33. The summed E-state index contributed by atoms with van der Waals surface area (Å²) >= 11 is 1.53. The highest BCUT2D eigenvalue weighted by Crippen LogP contribution is 2.24. The molecular weight excluding hydrogens is 451 g/mol. The highest BCUT2D eigenvalue weighted by molar-refractivity contribution is 14.0. The SMILES string of the molecule is CCNC(=NCc1cccnc1OC)NCC(C)(O)c1cccs1.I. The van der Waals surface area contributed by atoms with E-state index < -0.39 is 5.60 Å². The number of rotatable bonds is 7. The maximum absolute atomic E-state index is 10.6. The largest absolute Gasteiger partial charge is 0.481 e. The topological polar surface area (TPSA) is 78.8 Å². The van der Waals surface area contributed by atoms with Crippen molar-refractivity contribution in [1.29, 1.82) is 0 Å². The summed E-state index contributed by atoms with van der Waals surface area (Å²) in [5.74, 6) is 1.21. The molecule has 0 fully saturated rings. The molecule has 6 nitrogen and oxygen atoms in total. The van der Waals surface area contributed by atoms with Gasteiger partial charge in [0.15, 0.2) is 5.96 Å². The van der Waals surface area contributed by atoms with Crippen molar-refractivity contribution in [1.82, 2.24) is 15.6 Å². The number of nitrogens with zero attached hydrogens (tertiary/aromatic N) is 2. The van der Waals surface area contributed by atoms with Crippen LogP contribution in [0, 0.1) is 0 Å². The molecule has 2 heterocycles. The lowest BCUT2D eigenvalue weighted by atomic mass is 10.1. The third kappa shape index (κ3) is 6.44. The normalized spacial score (nSPS) is 13.5. The molecule has 0 aliphatic rings. The number of thiophene rings is 1. The van der Waals surface area contributed by atoms with Crippen molar-refractivity contribution >= 4 is 41.3 Å². The van der Waals surface area contributed by atoms with Crippen LogP contribution in [0.1, 0.15) is 24.3 Å². The minimum Gasteiger partial charge on any atom is -0.481 e. The Morgan fingerprint density at radius 1 is 1.36 bits per heavy atom. The van der Waals surface area contributed by atoms with E-state index in [9.17, 15) is 5.11 Å². The number of pyridine rings is 1. The summed E-state index contributed by atoms with van der Waals surface area (Å²) in [5.41, 5.74) is -0.0432. The van der Waals surface area contributed by atoms with Crippen LogP contribution in [0.2, 0.25) is 0 Å². The van der Waals surface area contributed by atoms with Crippen LogP contribution in [0.4, 0.5) is 0 Å². The van der Waals surface area contributed by atoms with Crippen LogP contribution >= 0.6 is 35.3 Å². The minimum atomic E-state index is -0.948. The lowest BCUT2D eigenvalue weighted by Crippen LogP contribution is -2.44. The molecule has 2 aromatic rings. The summed E-state index contributed by atoms with van der Waals surface area (Å²) in [6.07, 6.45) is 1.69. The summed E-state index contributed by atoms with van der Waals surface area (Å²) in [5, 5.41) is 18.9. The summed E-state index contributed by atoms with van der Waals surface area (Å²) in [7, 11) is 1.59. The Labute approximate surface area is 169 Å². The van der Waals surface area contributed by atoms with E-state index in [0.29, 0.717) is 24.9 Å². The number of guanidine groups is 1. The fraction of sp³-hybridized carbons (Fsp3) is 0.412. The number of ether oxygens (including phenoxy) is 1. The average Bonchev–Trinajstić information content (AvgIpc) is 3.13. The quantitative estimate of drug-likeness (QED) is 0.326. The van der Waals surface area contributed by atoms with E-state index in [1.165, 1.54) is 11.3 Å². The maximum atomic E-state index is 10.6. The van der Waals surface area contributed by atoms with Gasteiger partial charge in [-0.05, 0) is 31.4 Å². The summed E-state index contributed by atoms with van der Waals surface area (Å²) < 4.78 is 5.24. The Kier molecular flexibility index (Phi) is 9.15. The first kappa shape index (κ1) is 21.7. The third-order valence-corrected chi connectivity index (χ3v) is 4.57. The fourth-order valence-electron chi connectivity index (χ4n) is 2.16. The van der Waals surface area contributed by atoms with E-state index in [0.717, 1.165) is 17.0 Å². The number of aromatic nitrogens is 1. The second kappa shape index (κ2) is 10.6. The minimum absolute atomic E-state index is 0. The van der Waals surface area contributed by atoms with Gasteiger partial charge >= 0.3 is 0 Å². The zero-order valence-corrected chi connectivity index (χ0v) is 17.8. The van der Waals surface area contributed by atoms with Crippen molar-refractivity contribution in [3.05, 3.63) is 46.3 Å². The lowest BCUT2D eigenvalue weighted by molar-refractivity contribution is 0.0655. The Balaban J connectivity index is 0.00000312. The third-order valence-electron chi connectivity index (χ3n) is 3.45. The number of halogens is 1. The van der Waals surface area contributed by atoms with Gasteiger partial charge in [0, 0.05) is 23.2 Å². The predicted octanol–water partition coefficient (Wildman–Crippen LogP) is 2.73. The van der Waals surface area contributed by atoms with Gasteiger partial charge in [0.1, 0.15) is 5.60 Å². The molecule has 0 aromatic carbocycles. The Morgan fingerprint density at radius 3 is 2.80 bits per heavy atom. The van der Waals surface area contributed by atoms with Gasteiger partial charge < -0.3 is 20.5 Å². The smallest absolute Gasteiger partial charge is 0.218 e. The molecule has 3 N–H and O–H groups in total. The van der Waals surface area contributed by atoms with Crippen LogP contribution < -0.4 is 15.4 Å². The van der Waals surface area contributed by atoms with Crippen molar-refractivity contribution in [3.63, 3.8) is 0 Å². The van der Waals surface area contributed by atoms with Gasteiger partial charge in [0.05, 0.1) is 20.2 Å². The second-order valence-electron chi connectivity index (χ2n) is 5.47. The number of hydrogen-bond acceptors (Lipinski definition) is 5. The predicted molar refractivity (Wildman–Crippen MR) is 113 cm³/mol. The summed E-state index contributed by atoms with van der Waals surface area (Å²) in [6, 6.07) is 7.65. The molecule has 0 radical (unpaired) electrons. The van der Waals surface area contributed by atoms with E-state index in [1.807, 2.05) is 36.6 Å². The van der Waals surface area contributed by atoms with Crippen LogP contribution in [-0.2, 0) is 12.1 Å². The first-order valence-electron chi connectivity index (χ1n) is 7.83. The molecule has 8 heteroatoms. The molecule has 0 amide bonds. The number of methoxy groups -OCH3 is 1. The Hall–Kier alpha value is -1.39. The Morgan fingerprint density at radius 2 is 2.16 bits per heavy atom. The molecule has 0 spiro atoms. The van der Waals surface area contributed by atoms with E-state index in [2.05, 4.69) is 20.6 Å². The zero-order valence-electron chi connectivity index (χ0n) is 14.7. The molecule has 2 aromatic heterocycles. The number of hydrogen-bond donors (Lipinski definition) is 3. The molecule has 0 aliphatic carbocycles. The first-order valence-corrected chi connectivity index (χ1v) is 8.71. The van der Waals surface area contributed by atoms with Crippen molar-refractivity contribution in [2.24, 2.45) is 4.99 Å². The highest BCUT2D eigenvalue weighted by Gasteiger charge is 2.24. The van der Waals surface area contributed by atoms with Gasteiger partial charge in [0.2, 0.25) is 5.88 Å². The second-order valence-corrected chi connectivity index (χ2v) is 6.42. The molecule has 25 heavy (non-hydrogen) atoms. The summed E-state index contributed by atoms with van der Waals surface area (Å²) in [4.78, 5) is 9.63. The van der Waals surface area contributed by atoms with Crippen LogP contribution in [-0.4, -0.2) is 36.2 Å². The molecule has 0 bridgehead atoms. The average molecular weight is 476 g/mol. The van der Waals surface area contributed by atoms with Crippen LogP contribution in [0.15, 0.2) is 40.8 Å². The monoisotopic (exact) mass is 476 g/mol. The molecule has 2 rings (SSSR count). The fourth-order valence-corrected chi connectivity index (χ4v) is 2.95. The molecule has 0 saturated carbocycles. The first-order chi connectivity index (χ1) is 11.6. The zero-order chi connectivity index (χ0) is 17.4. The van der Waals surface area contributed by atoms with Crippen molar-refractivity contribution in [3.8, 4) is 5.88 Å². The van der Waals surface area contributed by atoms with Crippen LogP contribution in [0.25, 0.3) is 0 Å². The molecule has 1 unspecified atom stereocenters. The van der Waals surface area contributed by atoms with E-state index in [4.69, 9.17) is 4.74 Å². The van der Waals surface area contributed by atoms with Crippen molar-refractivity contribution in [2.45, 2.75) is 26.0 Å². The molecule has 138 valence electrons. The van der Waals surface area contributed by atoms with Crippen molar-refractivity contribution in [2.75, 3.05) is 20.2 Å².